The molecule has 1 amide bonds. The van der Waals surface area contributed by atoms with Gasteiger partial charge in [-0.1, -0.05) is 12.6 Å². The molecule has 1 fully saturated rings. The Balaban J connectivity index is 1.25. The Kier molecular flexibility index (Phi) is 6.51. The lowest BCUT2D eigenvalue weighted by Crippen LogP contribution is -2.39. The maximum atomic E-state index is 13.5. The molecule has 1 saturated heterocycles. The van der Waals surface area contributed by atoms with Gasteiger partial charge in [0, 0.05) is 37.3 Å². The van der Waals surface area contributed by atoms with Gasteiger partial charge in [-0.15, -0.1) is 11.3 Å². The molecule has 0 radical (unpaired) electrons. The predicted octanol–water partition coefficient (Wildman–Crippen LogP) is 6.37. The van der Waals surface area contributed by atoms with Gasteiger partial charge in [-0.3, -0.25) is 4.79 Å². The number of amides is 1. The van der Waals surface area contributed by atoms with Gasteiger partial charge in [0.2, 0.25) is 11.8 Å². The van der Waals surface area contributed by atoms with E-state index in [9.17, 15) is 13.6 Å². The SMILES string of the molecule is C=CC(=O)N1CCOc2c(Oc3nc(Nc4ccc(N5CCC(F)(F)CC5)cc4)nc4ccsc34)cccc21. The van der Waals surface area contributed by atoms with Crippen molar-refractivity contribution < 1.29 is 23.0 Å². The first-order chi connectivity index (χ1) is 18.9. The van der Waals surface area contributed by atoms with E-state index in [4.69, 9.17) is 9.47 Å². The number of anilines is 4. The molecule has 200 valence electrons. The molecule has 2 aliphatic rings. The van der Waals surface area contributed by atoms with Gasteiger partial charge in [0.25, 0.3) is 11.8 Å². The molecule has 0 spiro atoms. The van der Waals surface area contributed by atoms with Crippen LogP contribution in [0.5, 0.6) is 17.4 Å². The summed E-state index contributed by atoms with van der Waals surface area (Å²) in [6.07, 6.45) is 1.00. The van der Waals surface area contributed by atoms with Crippen molar-refractivity contribution in [2.45, 2.75) is 18.8 Å². The van der Waals surface area contributed by atoms with E-state index in [0.29, 0.717) is 60.8 Å². The number of alkyl halides is 2. The second-order valence-corrected chi connectivity index (χ2v) is 10.2. The molecule has 4 heterocycles. The molecular weight excluding hydrogens is 524 g/mol. The zero-order valence-corrected chi connectivity index (χ0v) is 21.7. The van der Waals surface area contributed by atoms with Gasteiger partial charge in [0.1, 0.15) is 11.3 Å². The number of thiophene rings is 1. The summed E-state index contributed by atoms with van der Waals surface area (Å²) in [5.74, 6) is -1.20. The van der Waals surface area contributed by atoms with E-state index in [1.165, 1.54) is 17.4 Å². The van der Waals surface area contributed by atoms with Gasteiger partial charge in [-0.05, 0) is 53.9 Å². The number of halogens is 2. The minimum absolute atomic E-state index is 0.136. The van der Waals surface area contributed by atoms with E-state index in [1.54, 1.807) is 23.1 Å². The second-order valence-electron chi connectivity index (χ2n) is 9.25. The number of rotatable bonds is 6. The van der Waals surface area contributed by atoms with Crippen molar-refractivity contribution in [3.63, 3.8) is 0 Å². The molecule has 2 aliphatic heterocycles. The van der Waals surface area contributed by atoms with Crippen molar-refractivity contribution >= 4 is 50.5 Å². The Morgan fingerprint density at radius 2 is 1.90 bits per heavy atom. The van der Waals surface area contributed by atoms with Crippen molar-refractivity contribution in [2.75, 3.05) is 41.4 Å². The summed E-state index contributed by atoms with van der Waals surface area (Å²) in [6.45, 7) is 4.98. The van der Waals surface area contributed by atoms with Crippen molar-refractivity contribution in [3.05, 3.63) is 66.6 Å². The number of carbonyl (C=O) groups is 1. The number of nitrogens with one attached hydrogen (secondary N) is 1. The number of nitrogens with zero attached hydrogens (tertiary/aromatic N) is 4. The Hall–Kier alpha value is -4.25. The maximum absolute atomic E-state index is 13.5. The predicted molar refractivity (Wildman–Crippen MR) is 148 cm³/mol. The summed E-state index contributed by atoms with van der Waals surface area (Å²) in [6, 6.07) is 14.8. The smallest absolute Gasteiger partial charge is 0.251 e. The molecule has 11 heteroatoms. The molecule has 2 aromatic carbocycles. The molecule has 0 aliphatic carbocycles. The Morgan fingerprint density at radius 1 is 1.10 bits per heavy atom. The molecule has 8 nitrogen and oxygen atoms in total. The van der Waals surface area contributed by atoms with Crippen LogP contribution in [0, 0.1) is 0 Å². The molecule has 6 rings (SSSR count). The molecular formula is C28H25F2N5O3S. The zero-order valence-electron chi connectivity index (χ0n) is 20.9. The molecule has 1 N–H and O–H groups in total. The van der Waals surface area contributed by atoms with Crippen molar-refractivity contribution in [1.82, 2.24) is 9.97 Å². The lowest BCUT2D eigenvalue weighted by molar-refractivity contribution is -0.114. The average Bonchev–Trinajstić information content (AvgIpc) is 3.42. The van der Waals surface area contributed by atoms with Gasteiger partial charge >= 0.3 is 0 Å². The molecule has 0 saturated carbocycles. The van der Waals surface area contributed by atoms with Crippen LogP contribution < -0.4 is 24.6 Å². The zero-order chi connectivity index (χ0) is 27.0. The van der Waals surface area contributed by atoms with E-state index in [-0.39, 0.29) is 18.7 Å². The summed E-state index contributed by atoms with van der Waals surface area (Å²) in [5.41, 5.74) is 2.97. The number of aromatic nitrogens is 2. The lowest BCUT2D eigenvalue weighted by atomic mass is 10.1. The summed E-state index contributed by atoms with van der Waals surface area (Å²) < 4.78 is 40.0. The lowest BCUT2D eigenvalue weighted by Gasteiger charge is -2.33. The first-order valence-electron chi connectivity index (χ1n) is 12.5. The third kappa shape index (κ3) is 5.09. The highest BCUT2D eigenvalue weighted by molar-refractivity contribution is 7.17. The topological polar surface area (TPSA) is 79.8 Å². The summed E-state index contributed by atoms with van der Waals surface area (Å²) in [7, 11) is 0. The third-order valence-electron chi connectivity index (χ3n) is 6.71. The van der Waals surface area contributed by atoms with E-state index < -0.39 is 5.92 Å². The van der Waals surface area contributed by atoms with Crippen LogP contribution in [-0.4, -0.2) is 48.0 Å². The van der Waals surface area contributed by atoms with Crippen molar-refractivity contribution in [1.29, 1.82) is 0 Å². The van der Waals surface area contributed by atoms with Crippen LogP contribution in [0.25, 0.3) is 10.2 Å². The largest absolute Gasteiger partial charge is 0.486 e. The second kappa shape index (κ2) is 10.1. The molecule has 0 atom stereocenters. The Labute approximate surface area is 227 Å². The maximum Gasteiger partial charge on any atom is 0.251 e. The number of fused-ring (bicyclic) bond motifs is 2. The van der Waals surface area contributed by atoms with Crippen LogP contribution in [-0.2, 0) is 4.79 Å². The highest BCUT2D eigenvalue weighted by atomic mass is 32.1. The van der Waals surface area contributed by atoms with Crippen LogP contribution in [0.1, 0.15) is 12.8 Å². The highest BCUT2D eigenvalue weighted by Crippen LogP contribution is 2.43. The number of para-hydroxylation sites is 1. The van der Waals surface area contributed by atoms with Gasteiger partial charge in [-0.25, -0.2) is 13.8 Å². The number of carbonyl (C=O) groups excluding carboxylic acids is 1. The van der Waals surface area contributed by atoms with Crippen LogP contribution in [0.4, 0.5) is 31.8 Å². The van der Waals surface area contributed by atoms with Gasteiger partial charge in [-0.2, -0.15) is 4.98 Å². The highest BCUT2D eigenvalue weighted by Gasteiger charge is 2.34. The standard InChI is InChI=1S/C28H25F2N5O3S/c1-2-23(36)35-15-16-37-24-21(35)4-3-5-22(24)38-26-25-20(10-17-39-25)32-27(33-26)31-18-6-8-19(9-7-18)34-13-11-28(29,30)12-14-34/h2-10,17H,1,11-16H2,(H,31,32,33). The summed E-state index contributed by atoms with van der Waals surface area (Å²) >= 11 is 1.46. The van der Waals surface area contributed by atoms with Crippen molar-refractivity contribution in [2.24, 2.45) is 0 Å². The fourth-order valence-electron chi connectivity index (χ4n) is 4.68. The first kappa shape index (κ1) is 25.1. The third-order valence-corrected chi connectivity index (χ3v) is 7.61. The molecule has 0 unspecified atom stereocenters. The fourth-order valence-corrected chi connectivity index (χ4v) is 5.44. The number of piperidine rings is 1. The Morgan fingerprint density at radius 3 is 2.67 bits per heavy atom. The minimum Gasteiger partial charge on any atom is -0.486 e. The normalized spacial score (nSPS) is 16.4. The number of benzene rings is 2. The summed E-state index contributed by atoms with van der Waals surface area (Å²) in [4.78, 5) is 25.2. The monoisotopic (exact) mass is 549 g/mol. The van der Waals surface area contributed by atoms with E-state index >= 15 is 0 Å². The van der Waals surface area contributed by atoms with E-state index in [2.05, 4.69) is 21.9 Å². The number of ether oxygens (including phenoxy) is 2. The number of hydrogen-bond donors (Lipinski definition) is 1. The van der Waals surface area contributed by atoms with Crippen LogP contribution >= 0.6 is 11.3 Å². The fraction of sp³-hybridized carbons (Fsp3) is 0.250. The molecule has 4 aromatic rings. The minimum atomic E-state index is -2.58. The number of hydrogen-bond acceptors (Lipinski definition) is 8. The van der Waals surface area contributed by atoms with Crippen LogP contribution in [0.2, 0.25) is 0 Å². The van der Waals surface area contributed by atoms with E-state index in [0.717, 1.165) is 16.1 Å². The molecule has 2 aromatic heterocycles. The first-order valence-corrected chi connectivity index (χ1v) is 13.4. The molecule has 0 bridgehead atoms. The van der Waals surface area contributed by atoms with Crippen LogP contribution in [0.15, 0.2) is 66.6 Å². The average molecular weight is 550 g/mol. The van der Waals surface area contributed by atoms with Crippen LogP contribution in [0.3, 0.4) is 0 Å². The van der Waals surface area contributed by atoms with Gasteiger partial charge in [0.15, 0.2) is 11.5 Å². The quantitative estimate of drug-likeness (QED) is 0.280. The summed E-state index contributed by atoms with van der Waals surface area (Å²) in [5, 5.41) is 5.13. The molecule has 39 heavy (non-hydrogen) atoms. The van der Waals surface area contributed by atoms with E-state index in [1.807, 2.05) is 40.6 Å². The van der Waals surface area contributed by atoms with Gasteiger partial charge in [0.05, 0.1) is 17.7 Å². The van der Waals surface area contributed by atoms with Crippen molar-refractivity contribution in [3.8, 4) is 17.4 Å². The van der Waals surface area contributed by atoms with Gasteiger partial charge < -0.3 is 24.6 Å². The Bertz CT molecular complexity index is 1530.